The minimum atomic E-state index is 0.122. The molecule has 0 bridgehead atoms. The van der Waals surface area contributed by atoms with Crippen molar-refractivity contribution >= 4 is 44.3 Å². The van der Waals surface area contributed by atoms with Gasteiger partial charge >= 0.3 is 0 Å². The summed E-state index contributed by atoms with van der Waals surface area (Å²) in [7, 11) is 0. The molecule has 1 atom stereocenters. The van der Waals surface area contributed by atoms with E-state index >= 15 is 0 Å². The van der Waals surface area contributed by atoms with E-state index in [9.17, 15) is 0 Å². The Hall–Kier alpha value is -1.39. The summed E-state index contributed by atoms with van der Waals surface area (Å²) in [6.45, 7) is 2.11. The van der Waals surface area contributed by atoms with E-state index in [1.165, 1.54) is 4.90 Å². The smallest absolute Gasteiger partial charge is 0.134 e. The molecule has 2 nitrogen and oxygen atoms in total. The quantitative estimate of drug-likeness (QED) is 0.569. The summed E-state index contributed by atoms with van der Waals surface area (Å²) < 4.78 is 6.98. The van der Waals surface area contributed by atoms with Gasteiger partial charge in [0, 0.05) is 20.4 Å². The van der Waals surface area contributed by atoms with Gasteiger partial charge in [-0.1, -0.05) is 15.9 Å². The molecule has 0 aliphatic carbocycles. The molecule has 0 saturated heterocycles. The van der Waals surface area contributed by atoms with Crippen molar-refractivity contribution in [3.8, 4) is 0 Å². The molecule has 1 aromatic heterocycles. The molecule has 0 fully saturated rings. The fraction of sp³-hybridized carbons (Fsp3) is 0.176. The Labute approximate surface area is 137 Å². The number of rotatable bonds is 4. The largest absolute Gasteiger partial charge is 0.459 e. The van der Waals surface area contributed by atoms with Gasteiger partial charge < -0.3 is 9.73 Å². The Morgan fingerprint density at radius 1 is 1.10 bits per heavy atom. The van der Waals surface area contributed by atoms with Crippen LogP contribution in [0, 0.1) is 0 Å². The number of furan rings is 1. The summed E-state index contributed by atoms with van der Waals surface area (Å²) in [5.41, 5.74) is 2.02. The van der Waals surface area contributed by atoms with Crippen molar-refractivity contribution in [3.63, 3.8) is 0 Å². The Kier molecular flexibility index (Phi) is 4.27. The first-order valence-corrected chi connectivity index (χ1v) is 8.77. The molecule has 0 spiro atoms. The number of benzene rings is 2. The van der Waals surface area contributed by atoms with Crippen LogP contribution in [0.3, 0.4) is 0 Å². The van der Waals surface area contributed by atoms with Gasteiger partial charge in [0.2, 0.25) is 0 Å². The molecule has 3 rings (SSSR count). The van der Waals surface area contributed by atoms with Crippen LogP contribution < -0.4 is 5.32 Å². The van der Waals surface area contributed by atoms with E-state index in [4.69, 9.17) is 4.42 Å². The second kappa shape index (κ2) is 6.16. The minimum absolute atomic E-state index is 0.122. The fourth-order valence-electron chi connectivity index (χ4n) is 2.26. The first kappa shape index (κ1) is 14.5. The van der Waals surface area contributed by atoms with Crippen LogP contribution in [0.4, 0.5) is 5.69 Å². The van der Waals surface area contributed by atoms with E-state index < -0.39 is 0 Å². The van der Waals surface area contributed by atoms with Crippen LogP contribution in [0.1, 0.15) is 18.7 Å². The van der Waals surface area contributed by atoms with Crippen LogP contribution >= 0.6 is 27.7 Å². The van der Waals surface area contributed by atoms with Gasteiger partial charge in [-0.25, -0.2) is 0 Å². The van der Waals surface area contributed by atoms with Crippen molar-refractivity contribution in [1.82, 2.24) is 0 Å². The lowest BCUT2D eigenvalue weighted by atomic mass is 10.2. The molecule has 0 aliphatic rings. The number of halogens is 1. The van der Waals surface area contributed by atoms with Gasteiger partial charge in [0.15, 0.2) is 0 Å². The molecule has 0 aliphatic heterocycles. The summed E-state index contributed by atoms with van der Waals surface area (Å²) >= 11 is 5.23. The highest BCUT2D eigenvalue weighted by Crippen LogP contribution is 2.28. The Balaban J connectivity index is 1.80. The molecule has 3 aromatic rings. The highest BCUT2D eigenvalue weighted by molar-refractivity contribution is 9.10. The molecule has 1 unspecified atom stereocenters. The third-order valence-electron chi connectivity index (χ3n) is 3.40. The zero-order chi connectivity index (χ0) is 14.8. The highest BCUT2D eigenvalue weighted by atomic mass is 79.9. The second-order valence-corrected chi connectivity index (χ2v) is 6.72. The molecule has 0 amide bonds. The number of hydrogen-bond donors (Lipinski definition) is 1. The van der Waals surface area contributed by atoms with Crippen LogP contribution in [-0.2, 0) is 0 Å². The lowest BCUT2D eigenvalue weighted by Gasteiger charge is -2.13. The molecular weight excluding hydrogens is 346 g/mol. The van der Waals surface area contributed by atoms with Crippen molar-refractivity contribution < 1.29 is 4.42 Å². The summed E-state index contributed by atoms with van der Waals surface area (Å²) in [6.07, 6.45) is 2.08. The van der Waals surface area contributed by atoms with Crippen LogP contribution in [0.2, 0.25) is 0 Å². The van der Waals surface area contributed by atoms with Crippen LogP contribution in [-0.4, -0.2) is 6.26 Å². The Morgan fingerprint density at radius 2 is 1.86 bits per heavy atom. The van der Waals surface area contributed by atoms with Gasteiger partial charge in [0.1, 0.15) is 11.3 Å². The average molecular weight is 362 g/mol. The van der Waals surface area contributed by atoms with Gasteiger partial charge in [0.25, 0.3) is 0 Å². The van der Waals surface area contributed by atoms with Crippen LogP contribution in [0.5, 0.6) is 0 Å². The molecule has 4 heteroatoms. The monoisotopic (exact) mass is 361 g/mol. The van der Waals surface area contributed by atoms with E-state index in [2.05, 4.69) is 70.8 Å². The van der Waals surface area contributed by atoms with Crippen LogP contribution in [0.25, 0.3) is 11.0 Å². The van der Waals surface area contributed by atoms with E-state index in [1.54, 1.807) is 11.8 Å². The van der Waals surface area contributed by atoms with Gasteiger partial charge in [0.05, 0.1) is 6.04 Å². The summed E-state index contributed by atoms with van der Waals surface area (Å²) in [6, 6.07) is 16.7. The normalized spacial score (nSPS) is 12.5. The summed E-state index contributed by atoms with van der Waals surface area (Å²) in [5.74, 6) is 0.942. The summed E-state index contributed by atoms with van der Waals surface area (Å²) in [5, 5.41) is 4.59. The van der Waals surface area contributed by atoms with Gasteiger partial charge in [-0.15, -0.1) is 11.8 Å². The van der Waals surface area contributed by atoms with Crippen molar-refractivity contribution in [2.24, 2.45) is 0 Å². The van der Waals surface area contributed by atoms with Crippen molar-refractivity contribution in [1.29, 1.82) is 0 Å². The van der Waals surface area contributed by atoms with E-state index in [1.807, 2.05) is 12.1 Å². The van der Waals surface area contributed by atoms with Gasteiger partial charge in [-0.3, -0.25) is 0 Å². The predicted octanol–water partition coefficient (Wildman–Crippen LogP) is 6.09. The molecule has 0 saturated carbocycles. The average Bonchev–Trinajstić information content (AvgIpc) is 2.91. The first-order valence-electron chi connectivity index (χ1n) is 6.75. The topological polar surface area (TPSA) is 25.2 Å². The van der Waals surface area contributed by atoms with Gasteiger partial charge in [-0.05, 0) is 61.7 Å². The maximum Gasteiger partial charge on any atom is 0.134 e. The zero-order valence-corrected chi connectivity index (χ0v) is 14.3. The maximum absolute atomic E-state index is 5.91. The minimum Gasteiger partial charge on any atom is -0.459 e. The number of anilines is 1. The summed E-state index contributed by atoms with van der Waals surface area (Å²) in [4.78, 5) is 1.27. The van der Waals surface area contributed by atoms with E-state index in [0.29, 0.717) is 0 Å². The molecular formula is C17H16BrNOS. The standard InChI is InChI=1S/C17H16BrNOS/c1-11(19-14-4-6-15(21-2)7-5-14)17-10-12-9-13(18)3-8-16(12)20-17/h3-11,19H,1-2H3. The fourth-order valence-corrected chi connectivity index (χ4v) is 3.04. The maximum atomic E-state index is 5.91. The highest BCUT2D eigenvalue weighted by Gasteiger charge is 2.11. The van der Waals surface area contributed by atoms with Crippen molar-refractivity contribution in [2.75, 3.05) is 11.6 Å². The SMILES string of the molecule is CSc1ccc(NC(C)c2cc3cc(Br)ccc3o2)cc1. The molecule has 0 radical (unpaired) electrons. The predicted molar refractivity (Wildman–Crippen MR) is 94.2 cm³/mol. The van der Waals surface area contributed by atoms with Crippen LogP contribution in [0.15, 0.2) is 62.3 Å². The first-order chi connectivity index (χ1) is 10.2. The van der Waals surface area contributed by atoms with Gasteiger partial charge in [-0.2, -0.15) is 0 Å². The third-order valence-corrected chi connectivity index (χ3v) is 4.63. The number of thioether (sulfide) groups is 1. The zero-order valence-electron chi connectivity index (χ0n) is 11.9. The van der Waals surface area contributed by atoms with E-state index in [-0.39, 0.29) is 6.04 Å². The number of hydrogen-bond acceptors (Lipinski definition) is 3. The molecule has 2 aromatic carbocycles. The molecule has 1 heterocycles. The second-order valence-electron chi connectivity index (χ2n) is 4.93. The molecule has 108 valence electrons. The lowest BCUT2D eigenvalue weighted by molar-refractivity contribution is 0.526. The molecule has 21 heavy (non-hydrogen) atoms. The number of fused-ring (bicyclic) bond motifs is 1. The Bertz CT molecular complexity index is 751. The Morgan fingerprint density at radius 3 is 2.57 bits per heavy atom. The molecule has 1 N–H and O–H groups in total. The lowest BCUT2D eigenvalue weighted by Crippen LogP contribution is -2.05. The van der Waals surface area contributed by atoms with Crippen molar-refractivity contribution in [3.05, 3.63) is 58.8 Å². The third kappa shape index (κ3) is 3.27. The van der Waals surface area contributed by atoms with Crippen molar-refractivity contribution in [2.45, 2.75) is 17.9 Å². The number of nitrogens with one attached hydrogen (secondary N) is 1. The van der Waals surface area contributed by atoms with E-state index in [0.717, 1.165) is 26.9 Å².